The maximum absolute atomic E-state index is 11.6. The van der Waals surface area contributed by atoms with Crippen LogP contribution in [0.3, 0.4) is 0 Å². The number of rotatable bonds is 3. The first-order valence-corrected chi connectivity index (χ1v) is 5.41. The molecule has 1 aromatic rings. The number of hydrogen-bond acceptors (Lipinski definition) is 3. The molecule has 0 amide bonds. The van der Waals surface area contributed by atoms with Crippen LogP contribution in [0.5, 0.6) is 0 Å². The van der Waals surface area contributed by atoms with Crippen LogP contribution in [0.2, 0.25) is 0 Å². The van der Waals surface area contributed by atoms with Crippen molar-refractivity contribution in [3.8, 4) is 0 Å². The first kappa shape index (κ1) is 10.4. The number of ketones is 1. The normalized spacial score (nSPS) is 9.62. The summed E-state index contributed by atoms with van der Waals surface area (Å²) in [6.45, 7) is 1.98. The Morgan fingerprint density at radius 3 is 2.54 bits per heavy atom. The summed E-state index contributed by atoms with van der Waals surface area (Å²) in [6, 6.07) is 9.13. The van der Waals surface area contributed by atoms with E-state index in [0.717, 1.165) is 5.75 Å². The Bertz CT molecular complexity index is 306. The molecule has 13 heavy (non-hydrogen) atoms. The average Bonchev–Trinajstić information content (AvgIpc) is 2.18. The van der Waals surface area contributed by atoms with E-state index in [1.807, 2.05) is 25.1 Å². The van der Waals surface area contributed by atoms with Crippen LogP contribution < -0.4 is 0 Å². The van der Waals surface area contributed by atoms with Gasteiger partial charge >= 0.3 is 0 Å². The molecular formula is C10H10OS2. The highest BCUT2D eigenvalue weighted by Crippen LogP contribution is 2.10. The summed E-state index contributed by atoms with van der Waals surface area (Å²) < 4.78 is 0.453. The molecule has 0 saturated heterocycles. The van der Waals surface area contributed by atoms with Crippen molar-refractivity contribution in [3.63, 3.8) is 0 Å². The van der Waals surface area contributed by atoms with E-state index in [1.165, 1.54) is 11.8 Å². The predicted octanol–water partition coefficient (Wildman–Crippen LogP) is 2.95. The summed E-state index contributed by atoms with van der Waals surface area (Å²) in [4.78, 5) is 11.6. The summed E-state index contributed by atoms with van der Waals surface area (Å²) >= 11 is 6.39. The summed E-state index contributed by atoms with van der Waals surface area (Å²) in [6.07, 6.45) is 0. The zero-order valence-electron chi connectivity index (χ0n) is 7.32. The van der Waals surface area contributed by atoms with Crippen LogP contribution in [0.25, 0.3) is 0 Å². The van der Waals surface area contributed by atoms with Gasteiger partial charge in [0.1, 0.15) is 4.20 Å². The van der Waals surface area contributed by atoms with Gasteiger partial charge in [0, 0.05) is 5.56 Å². The van der Waals surface area contributed by atoms with E-state index in [9.17, 15) is 4.79 Å². The smallest absolute Gasteiger partial charge is 0.210 e. The van der Waals surface area contributed by atoms with E-state index in [1.54, 1.807) is 12.1 Å². The molecule has 0 atom stereocenters. The molecule has 68 valence electrons. The highest BCUT2D eigenvalue weighted by molar-refractivity contribution is 8.25. The summed E-state index contributed by atoms with van der Waals surface area (Å²) in [5.41, 5.74) is 0.674. The standard InChI is InChI=1S/C10H10OS2/c1-2-13-10(12)9(11)8-6-4-3-5-7-8/h3-7H,2H2,1H3. The quantitative estimate of drug-likeness (QED) is 0.564. The Balaban J connectivity index is 2.74. The molecule has 0 fully saturated rings. The lowest BCUT2D eigenvalue weighted by atomic mass is 10.2. The van der Waals surface area contributed by atoms with Crippen LogP contribution in [0.1, 0.15) is 17.3 Å². The fraction of sp³-hybridized carbons (Fsp3) is 0.200. The molecule has 0 radical (unpaired) electrons. The molecule has 1 aromatic carbocycles. The van der Waals surface area contributed by atoms with E-state index in [0.29, 0.717) is 9.76 Å². The van der Waals surface area contributed by atoms with Gasteiger partial charge in [-0.3, -0.25) is 4.79 Å². The van der Waals surface area contributed by atoms with Crippen LogP contribution in [0.15, 0.2) is 30.3 Å². The SMILES string of the molecule is CCSC(=S)C(=O)c1ccccc1. The minimum Gasteiger partial charge on any atom is -0.287 e. The van der Waals surface area contributed by atoms with Crippen molar-refractivity contribution in [3.05, 3.63) is 35.9 Å². The first-order valence-electron chi connectivity index (χ1n) is 4.02. The zero-order chi connectivity index (χ0) is 9.68. The van der Waals surface area contributed by atoms with Crippen LogP contribution in [-0.2, 0) is 0 Å². The maximum Gasteiger partial charge on any atom is 0.210 e. The van der Waals surface area contributed by atoms with Gasteiger partial charge in [-0.1, -0.05) is 49.5 Å². The number of thioether (sulfide) groups is 1. The monoisotopic (exact) mass is 210 g/mol. The number of carbonyl (C=O) groups is 1. The largest absolute Gasteiger partial charge is 0.287 e. The van der Waals surface area contributed by atoms with Gasteiger partial charge in [0.15, 0.2) is 0 Å². The molecule has 0 unspecified atom stereocenters. The summed E-state index contributed by atoms with van der Waals surface area (Å²) in [7, 11) is 0. The third-order valence-corrected chi connectivity index (χ3v) is 2.77. The number of carbonyl (C=O) groups excluding carboxylic acids is 1. The van der Waals surface area contributed by atoms with Gasteiger partial charge in [0.2, 0.25) is 5.78 Å². The van der Waals surface area contributed by atoms with Gasteiger partial charge in [-0.15, -0.1) is 11.8 Å². The molecule has 1 nitrogen and oxygen atoms in total. The Hall–Kier alpha value is -0.670. The Labute approximate surface area is 87.5 Å². The van der Waals surface area contributed by atoms with Crippen LogP contribution in [0.4, 0.5) is 0 Å². The van der Waals surface area contributed by atoms with E-state index in [-0.39, 0.29) is 5.78 Å². The van der Waals surface area contributed by atoms with Crippen LogP contribution >= 0.6 is 24.0 Å². The molecule has 1 rings (SSSR count). The molecular weight excluding hydrogens is 200 g/mol. The second-order valence-electron chi connectivity index (χ2n) is 2.42. The first-order chi connectivity index (χ1) is 6.25. The third kappa shape index (κ3) is 2.94. The lowest BCUT2D eigenvalue weighted by Crippen LogP contribution is -2.07. The highest BCUT2D eigenvalue weighted by Gasteiger charge is 2.10. The molecule has 0 aliphatic heterocycles. The number of thiocarbonyl (C=S) groups is 1. The molecule has 0 N–H and O–H groups in total. The Morgan fingerprint density at radius 2 is 2.00 bits per heavy atom. The lowest BCUT2D eigenvalue weighted by Gasteiger charge is -1.99. The lowest BCUT2D eigenvalue weighted by molar-refractivity contribution is 0.107. The predicted molar refractivity (Wildman–Crippen MR) is 61.5 cm³/mol. The van der Waals surface area contributed by atoms with Crippen molar-refractivity contribution in [1.82, 2.24) is 0 Å². The molecule has 0 bridgehead atoms. The fourth-order valence-corrected chi connectivity index (χ4v) is 1.89. The third-order valence-electron chi connectivity index (χ3n) is 1.50. The van der Waals surface area contributed by atoms with Crippen molar-refractivity contribution in [2.45, 2.75) is 6.92 Å². The van der Waals surface area contributed by atoms with Gasteiger partial charge in [-0.05, 0) is 5.75 Å². The zero-order valence-corrected chi connectivity index (χ0v) is 8.95. The van der Waals surface area contributed by atoms with Gasteiger partial charge in [-0.2, -0.15) is 0 Å². The van der Waals surface area contributed by atoms with Crippen molar-refractivity contribution in [2.24, 2.45) is 0 Å². The van der Waals surface area contributed by atoms with Crippen LogP contribution in [-0.4, -0.2) is 15.7 Å². The van der Waals surface area contributed by atoms with E-state index < -0.39 is 0 Å². The van der Waals surface area contributed by atoms with E-state index in [4.69, 9.17) is 12.2 Å². The minimum absolute atomic E-state index is 0.0394. The molecule has 3 heteroatoms. The minimum atomic E-state index is -0.0394. The second kappa shape index (κ2) is 5.14. The van der Waals surface area contributed by atoms with Gasteiger partial charge < -0.3 is 0 Å². The number of benzene rings is 1. The van der Waals surface area contributed by atoms with Crippen molar-refractivity contribution in [2.75, 3.05) is 5.75 Å². The molecule has 0 aromatic heterocycles. The van der Waals surface area contributed by atoms with Crippen molar-refractivity contribution >= 4 is 34.0 Å². The van der Waals surface area contributed by atoms with Crippen LogP contribution in [0, 0.1) is 0 Å². The van der Waals surface area contributed by atoms with Gasteiger partial charge in [-0.25, -0.2) is 0 Å². The Morgan fingerprint density at radius 1 is 1.38 bits per heavy atom. The van der Waals surface area contributed by atoms with Crippen molar-refractivity contribution in [1.29, 1.82) is 0 Å². The Kier molecular flexibility index (Phi) is 4.12. The molecule has 0 aliphatic carbocycles. The highest BCUT2D eigenvalue weighted by atomic mass is 32.2. The molecule has 0 heterocycles. The van der Waals surface area contributed by atoms with E-state index >= 15 is 0 Å². The van der Waals surface area contributed by atoms with Crippen molar-refractivity contribution < 1.29 is 4.79 Å². The fourth-order valence-electron chi connectivity index (χ4n) is 0.904. The molecule has 0 saturated carbocycles. The maximum atomic E-state index is 11.6. The second-order valence-corrected chi connectivity index (χ2v) is 4.36. The number of Topliss-reactive ketones (excluding diaryl/α,β-unsaturated/α-hetero) is 1. The molecule has 0 aliphatic rings. The van der Waals surface area contributed by atoms with Gasteiger partial charge in [0.25, 0.3) is 0 Å². The molecule has 0 spiro atoms. The number of hydrogen-bond donors (Lipinski definition) is 0. The topological polar surface area (TPSA) is 17.1 Å². The summed E-state index contributed by atoms with van der Waals surface area (Å²) in [5, 5.41) is 0. The van der Waals surface area contributed by atoms with E-state index in [2.05, 4.69) is 0 Å². The van der Waals surface area contributed by atoms with Gasteiger partial charge in [0.05, 0.1) is 0 Å². The summed E-state index contributed by atoms with van der Waals surface area (Å²) in [5.74, 6) is 0.805. The average molecular weight is 210 g/mol.